The van der Waals surface area contributed by atoms with Gasteiger partial charge in [-0.05, 0) is 31.2 Å². The molecule has 0 atom stereocenters. The molecule has 5 heteroatoms. The Balaban J connectivity index is 1.95. The van der Waals surface area contributed by atoms with Gasteiger partial charge in [-0.1, -0.05) is 0 Å². The van der Waals surface area contributed by atoms with Crippen molar-refractivity contribution in [1.82, 2.24) is 10.3 Å². The van der Waals surface area contributed by atoms with E-state index >= 15 is 0 Å². The molecule has 2 rings (SSSR count). The van der Waals surface area contributed by atoms with Crippen LogP contribution >= 0.6 is 24.0 Å². The van der Waals surface area contributed by atoms with Gasteiger partial charge in [-0.25, -0.2) is 4.98 Å². The van der Waals surface area contributed by atoms with E-state index in [4.69, 9.17) is 0 Å². The molecular formula is C12H12N2OS2. The van der Waals surface area contributed by atoms with E-state index in [1.165, 1.54) is 0 Å². The maximum atomic E-state index is 11.8. The SMILES string of the molecule is Cc1nc(CNC(=O)c2ccc(S)cc2)cs1. The molecule has 2 aromatic rings. The zero-order valence-corrected chi connectivity index (χ0v) is 11.0. The summed E-state index contributed by atoms with van der Waals surface area (Å²) in [5.74, 6) is -0.0935. The van der Waals surface area contributed by atoms with Crippen LogP contribution in [0.4, 0.5) is 0 Å². The Morgan fingerprint density at radius 1 is 1.41 bits per heavy atom. The van der Waals surface area contributed by atoms with Crippen LogP contribution in [0.1, 0.15) is 21.1 Å². The Hall–Kier alpha value is -1.33. The molecule has 0 aliphatic heterocycles. The number of aromatic nitrogens is 1. The third kappa shape index (κ3) is 3.31. The lowest BCUT2D eigenvalue weighted by Gasteiger charge is -2.03. The summed E-state index contributed by atoms with van der Waals surface area (Å²) in [6.07, 6.45) is 0. The molecule has 0 fully saturated rings. The molecule has 1 aromatic carbocycles. The number of carbonyl (C=O) groups is 1. The van der Waals surface area contributed by atoms with Crippen molar-refractivity contribution in [3.63, 3.8) is 0 Å². The second-order valence-electron chi connectivity index (χ2n) is 3.59. The van der Waals surface area contributed by atoms with Crippen LogP contribution in [0.15, 0.2) is 34.5 Å². The van der Waals surface area contributed by atoms with Crippen molar-refractivity contribution >= 4 is 29.9 Å². The van der Waals surface area contributed by atoms with E-state index in [-0.39, 0.29) is 5.91 Å². The van der Waals surface area contributed by atoms with Crippen LogP contribution in [-0.2, 0) is 6.54 Å². The highest BCUT2D eigenvalue weighted by Gasteiger charge is 2.05. The van der Waals surface area contributed by atoms with Crippen LogP contribution in [-0.4, -0.2) is 10.9 Å². The average Bonchev–Trinajstić information content (AvgIpc) is 2.73. The summed E-state index contributed by atoms with van der Waals surface area (Å²) in [7, 11) is 0. The monoisotopic (exact) mass is 264 g/mol. The van der Waals surface area contributed by atoms with Crippen molar-refractivity contribution in [3.8, 4) is 0 Å². The van der Waals surface area contributed by atoms with Gasteiger partial charge in [0, 0.05) is 15.8 Å². The van der Waals surface area contributed by atoms with Crippen LogP contribution in [0, 0.1) is 6.92 Å². The highest BCUT2D eigenvalue weighted by Crippen LogP contribution is 2.09. The predicted molar refractivity (Wildman–Crippen MR) is 71.7 cm³/mol. The number of thiazole rings is 1. The summed E-state index contributed by atoms with van der Waals surface area (Å²) in [4.78, 5) is 16.9. The summed E-state index contributed by atoms with van der Waals surface area (Å²) in [5, 5.41) is 5.79. The van der Waals surface area contributed by atoms with Crippen molar-refractivity contribution in [1.29, 1.82) is 0 Å². The topological polar surface area (TPSA) is 42.0 Å². The molecule has 0 radical (unpaired) electrons. The van der Waals surface area contributed by atoms with Crippen molar-refractivity contribution in [3.05, 3.63) is 45.9 Å². The van der Waals surface area contributed by atoms with Crippen LogP contribution in [0.2, 0.25) is 0 Å². The fourth-order valence-electron chi connectivity index (χ4n) is 1.38. The molecule has 0 unspecified atom stereocenters. The van der Waals surface area contributed by atoms with Gasteiger partial charge in [-0.2, -0.15) is 0 Å². The Morgan fingerprint density at radius 3 is 2.71 bits per heavy atom. The number of amides is 1. The molecule has 1 heterocycles. The van der Waals surface area contributed by atoms with E-state index in [1.807, 2.05) is 12.3 Å². The first-order valence-corrected chi connectivity index (χ1v) is 6.46. The lowest BCUT2D eigenvalue weighted by Crippen LogP contribution is -2.22. The highest BCUT2D eigenvalue weighted by atomic mass is 32.1. The maximum Gasteiger partial charge on any atom is 0.251 e. The number of hydrogen-bond acceptors (Lipinski definition) is 4. The van der Waals surface area contributed by atoms with E-state index in [9.17, 15) is 4.79 Å². The minimum atomic E-state index is -0.0935. The third-order valence-electron chi connectivity index (χ3n) is 2.23. The third-order valence-corrected chi connectivity index (χ3v) is 3.35. The van der Waals surface area contributed by atoms with Crippen LogP contribution < -0.4 is 5.32 Å². The molecule has 0 saturated carbocycles. The van der Waals surface area contributed by atoms with Gasteiger partial charge in [0.25, 0.3) is 5.91 Å². The van der Waals surface area contributed by atoms with Crippen molar-refractivity contribution in [2.45, 2.75) is 18.4 Å². The van der Waals surface area contributed by atoms with E-state index < -0.39 is 0 Å². The van der Waals surface area contributed by atoms with Gasteiger partial charge < -0.3 is 5.32 Å². The molecule has 1 N–H and O–H groups in total. The number of thiol groups is 1. The summed E-state index contributed by atoms with van der Waals surface area (Å²) in [6.45, 7) is 2.41. The Morgan fingerprint density at radius 2 is 2.12 bits per heavy atom. The molecule has 0 aliphatic carbocycles. The van der Waals surface area contributed by atoms with Gasteiger partial charge in [0.15, 0.2) is 0 Å². The second-order valence-corrected chi connectivity index (χ2v) is 5.17. The number of aryl methyl sites for hydroxylation is 1. The predicted octanol–water partition coefficient (Wildman–Crippen LogP) is 2.67. The van der Waals surface area contributed by atoms with Gasteiger partial charge in [0.05, 0.1) is 17.2 Å². The summed E-state index contributed by atoms with van der Waals surface area (Å²) >= 11 is 5.75. The first-order valence-electron chi connectivity index (χ1n) is 5.13. The van der Waals surface area contributed by atoms with Gasteiger partial charge in [0.1, 0.15) is 0 Å². The number of carbonyl (C=O) groups excluding carboxylic acids is 1. The van der Waals surface area contributed by atoms with Crippen molar-refractivity contribution in [2.75, 3.05) is 0 Å². The first kappa shape index (κ1) is 12.1. The molecule has 0 spiro atoms. The average molecular weight is 264 g/mol. The van der Waals surface area contributed by atoms with Gasteiger partial charge in [0.2, 0.25) is 0 Å². The van der Waals surface area contributed by atoms with E-state index in [0.29, 0.717) is 12.1 Å². The van der Waals surface area contributed by atoms with Gasteiger partial charge in [-0.15, -0.1) is 24.0 Å². The lowest BCUT2D eigenvalue weighted by molar-refractivity contribution is 0.0950. The molecule has 0 saturated heterocycles. The Kier molecular flexibility index (Phi) is 3.81. The summed E-state index contributed by atoms with van der Waals surface area (Å²) in [6, 6.07) is 7.10. The van der Waals surface area contributed by atoms with Crippen LogP contribution in [0.3, 0.4) is 0 Å². The Labute approximate surface area is 109 Å². The largest absolute Gasteiger partial charge is 0.346 e. The minimum absolute atomic E-state index is 0.0935. The molecule has 1 amide bonds. The lowest BCUT2D eigenvalue weighted by atomic mass is 10.2. The quantitative estimate of drug-likeness (QED) is 0.837. The molecule has 1 aromatic heterocycles. The molecular weight excluding hydrogens is 252 g/mol. The standard InChI is InChI=1S/C12H12N2OS2/c1-8-14-10(7-17-8)6-13-12(15)9-2-4-11(16)5-3-9/h2-5,7,16H,6H2,1H3,(H,13,15). The van der Waals surface area contributed by atoms with Crippen molar-refractivity contribution < 1.29 is 4.79 Å². The smallest absolute Gasteiger partial charge is 0.251 e. The molecule has 88 valence electrons. The normalized spacial score (nSPS) is 10.2. The minimum Gasteiger partial charge on any atom is -0.346 e. The zero-order valence-electron chi connectivity index (χ0n) is 9.30. The molecule has 3 nitrogen and oxygen atoms in total. The molecule has 17 heavy (non-hydrogen) atoms. The number of rotatable bonds is 3. The maximum absolute atomic E-state index is 11.8. The van der Waals surface area contributed by atoms with E-state index in [2.05, 4.69) is 22.9 Å². The van der Waals surface area contributed by atoms with Crippen LogP contribution in [0.5, 0.6) is 0 Å². The second kappa shape index (κ2) is 5.33. The van der Waals surface area contributed by atoms with Gasteiger partial charge in [-0.3, -0.25) is 4.79 Å². The van der Waals surface area contributed by atoms with E-state index in [0.717, 1.165) is 15.6 Å². The molecule has 0 bridgehead atoms. The number of benzene rings is 1. The zero-order chi connectivity index (χ0) is 12.3. The number of hydrogen-bond donors (Lipinski definition) is 2. The van der Waals surface area contributed by atoms with Crippen LogP contribution in [0.25, 0.3) is 0 Å². The Bertz CT molecular complexity index is 520. The highest BCUT2D eigenvalue weighted by molar-refractivity contribution is 7.80. The summed E-state index contributed by atoms with van der Waals surface area (Å²) < 4.78 is 0. The van der Waals surface area contributed by atoms with Gasteiger partial charge >= 0.3 is 0 Å². The first-order chi connectivity index (χ1) is 8.15. The summed E-state index contributed by atoms with van der Waals surface area (Å²) in [5.41, 5.74) is 1.53. The fourth-order valence-corrected chi connectivity index (χ4v) is 2.14. The van der Waals surface area contributed by atoms with E-state index in [1.54, 1.807) is 35.6 Å². The van der Waals surface area contributed by atoms with Crippen molar-refractivity contribution in [2.24, 2.45) is 0 Å². The molecule has 0 aliphatic rings. The number of nitrogens with zero attached hydrogens (tertiary/aromatic N) is 1. The number of nitrogens with one attached hydrogen (secondary N) is 1. The fraction of sp³-hybridized carbons (Fsp3) is 0.167.